The maximum absolute atomic E-state index is 11.6. The average Bonchev–Trinajstić information content (AvgIpc) is 2.45. The Morgan fingerprint density at radius 1 is 1.10 bits per heavy atom. The van der Waals surface area contributed by atoms with Crippen LogP contribution in [0.4, 0.5) is 0 Å². The summed E-state index contributed by atoms with van der Waals surface area (Å²) in [6.07, 6.45) is 0. The van der Waals surface area contributed by atoms with Crippen LogP contribution in [0, 0.1) is 0 Å². The highest BCUT2D eigenvalue weighted by Crippen LogP contribution is 2.42. The van der Waals surface area contributed by atoms with E-state index in [9.17, 15) is 13.0 Å². The van der Waals surface area contributed by atoms with Gasteiger partial charge in [-0.1, -0.05) is 30.3 Å². The lowest BCUT2D eigenvalue weighted by Gasteiger charge is -2.17. The Bertz CT molecular complexity index is 757. The second kappa shape index (κ2) is 6.02. The summed E-state index contributed by atoms with van der Waals surface area (Å²) in [7, 11) is 0.660. The van der Waals surface area contributed by atoms with Gasteiger partial charge in [-0.05, 0) is 16.9 Å². The van der Waals surface area contributed by atoms with Crippen LogP contribution in [0.5, 0.6) is 11.5 Å². The molecule has 2 rings (SSSR count). The molecule has 5 nitrogen and oxygen atoms in total. The molecule has 0 heterocycles. The van der Waals surface area contributed by atoms with E-state index >= 15 is 0 Å². The van der Waals surface area contributed by atoms with Gasteiger partial charge in [-0.15, -0.1) is 9.24 Å². The van der Waals surface area contributed by atoms with Crippen LogP contribution in [0.25, 0.3) is 11.1 Å². The third-order valence-electron chi connectivity index (χ3n) is 2.97. The fourth-order valence-electron chi connectivity index (χ4n) is 2.14. The molecule has 0 saturated heterocycles. The molecule has 0 aliphatic carbocycles. The summed E-state index contributed by atoms with van der Waals surface area (Å²) in [6.45, 7) is 0. The molecule has 0 bridgehead atoms. The molecule has 2 aromatic carbocycles. The lowest BCUT2D eigenvalue weighted by Crippen LogP contribution is -2.13. The van der Waals surface area contributed by atoms with Gasteiger partial charge >= 0.3 is 0 Å². The monoisotopic (exact) mass is 326 g/mol. The number of hydrogen-bond acceptors (Lipinski definition) is 4. The minimum atomic E-state index is -4.43. The van der Waals surface area contributed by atoms with Gasteiger partial charge in [-0.25, -0.2) is 0 Å². The van der Waals surface area contributed by atoms with Crippen molar-refractivity contribution in [2.45, 2.75) is 4.90 Å². The molecule has 1 N–H and O–H groups in total. The van der Waals surface area contributed by atoms with Gasteiger partial charge in [-0.3, -0.25) is 4.55 Å². The van der Waals surface area contributed by atoms with Gasteiger partial charge < -0.3 is 9.47 Å². The van der Waals surface area contributed by atoms with Crippen molar-refractivity contribution in [2.75, 3.05) is 14.2 Å². The molecule has 0 radical (unpaired) electrons. The molecule has 0 spiro atoms. The van der Waals surface area contributed by atoms with Crippen molar-refractivity contribution >= 4 is 24.7 Å². The number of ether oxygens (including phenoxy) is 2. The summed E-state index contributed by atoms with van der Waals surface area (Å²) in [6, 6.07) is 10.6. The predicted molar refractivity (Wildman–Crippen MR) is 84.1 cm³/mol. The van der Waals surface area contributed by atoms with Gasteiger partial charge in [0.1, 0.15) is 10.6 Å². The van der Waals surface area contributed by atoms with Crippen LogP contribution in [0.15, 0.2) is 41.3 Å². The molecule has 7 heteroatoms. The Morgan fingerprint density at radius 3 is 2.19 bits per heavy atom. The summed E-state index contributed by atoms with van der Waals surface area (Å²) in [4.78, 5) is -0.283. The topological polar surface area (TPSA) is 72.8 Å². The van der Waals surface area contributed by atoms with E-state index in [1.165, 1.54) is 20.3 Å². The van der Waals surface area contributed by atoms with E-state index in [2.05, 4.69) is 9.24 Å². The molecule has 21 heavy (non-hydrogen) atoms. The van der Waals surface area contributed by atoms with Crippen LogP contribution < -0.4 is 14.8 Å². The minimum Gasteiger partial charge on any atom is -0.496 e. The molecule has 0 saturated carbocycles. The lowest BCUT2D eigenvalue weighted by molar-refractivity contribution is 0.387. The molecule has 0 fully saturated rings. The fourth-order valence-corrected chi connectivity index (χ4v) is 3.64. The fraction of sp³-hybridized carbons (Fsp3) is 0.143. The van der Waals surface area contributed by atoms with Crippen molar-refractivity contribution in [3.05, 3.63) is 36.4 Å². The number of hydrogen-bond donors (Lipinski definition) is 1. The van der Waals surface area contributed by atoms with Crippen molar-refractivity contribution in [2.24, 2.45) is 0 Å². The van der Waals surface area contributed by atoms with Gasteiger partial charge in [0.25, 0.3) is 10.1 Å². The van der Waals surface area contributed by atoms with Crippen molar-refractivity contribution in [1.82, 2.24) is 0 Å². The summed E-state index contributed by atoms with van der Waals surface area (Å²) < 4.78 is 43.3. The minimum absolute atomic E-state index is 0.0491. The summed E-state index contributed by atoms with van der Waals surface area (Å²) >= 11 is 0. The Hall–Kier alpha value is -1.62. The van der Waals surface area contributed by atoms with Gasteiger partial charge in [-0.2, -0.15) is 8.42 Å². The number of methoxy groups -OCH3 is 2. The molecule has 2 aromatic rings. The summed E-state index contributed by atoms with van der Waals surface area (Å²) in [5.41, 5.74) is 1.19. The lowest BCUT2D eigenvalue weighted by atomic mass is 10.0. The van der Waals surface area contributed by atoms with Gasteiger partial charge in [0, 0.05) is 0 Å². The summed E-state index contributed by atoms with van der Waals surface area (Å²) in [5.74, 6) is 0.503. The van der Waals surface area contributed by atoms with Crippen LogP contribution in [0.3, 0.4) is 0 Å². The zero-order valence-corrected chi connectivity index (χ0v) is 13.5. The highest BCUT2D eigenvalue weighted by molar-refractivity contribution is 7.86. The standard InChI is InChI=1S/C14H15O5PS/c1-18-10-8-11(20)14(21(15,16)17)13(19-2)12(10)9-6-4-3-5-7-9/h3-8H,20H2,1-2H3,(H,15,16,17). The molecule has 1 unspecified atom stereocenters. The van der Waals surface area contributed by atoms with Crippen LogP contribution in [0.1, 0.15) is 0 Å². The Balaban J connectivity index is 2.92. The first-order valence-electron chi connectivity index (χ1n) is 5.97. The van der Waals surface area contributed by atoms with Crippen LogP contribution in [-0.4, -0.2) is 27.2 Å². The highest BCUT2D eigenvalue weighted by atomic mass is 32.2. The smallest absolute Gasteiger partial charge is 0.298 e. The van der Waals surface area contributed by atoms with Crippen molar-refractivity contribution in [3.63, 3.8) is 0 Å². The van der Waals surface area contributed by atoms with E-state index < -0.39 is 10.1 Å². The van der Waals surface area contributed by atoms with Crippen LogP contribution in [-0.2, 0) is 10.1 Å². The number of benzene rings is 2. The Kier molecular flexibility index (Phi) is 4.52. The highest BCUT2D eigenvalue weighted by Gasteiger charge is 2.26. The molecular weight excluding hydrogens is 311 g/mol. The van der Waals surface area contributed by atoms with Gasteiger partial charge in [0.05, 0.1) is 19.8 Å². The molecule has 0 amide bonds. The third kappa shape index (κ3) is 3.02. The molecule has 112 valence electrons. The Morgan fingerprint density at radius 2 is 1.71 bits per heavy atom. The molecule has 0 aliphatic heterocycles. The second-order valence-corrected chi connectivity index (χ2v) is 6.23. The first-order chi connectivity index (χ1) is 9.90. The van der Waals surface area contributed by atoms with Gasteiger partial charge in [0.15, 0.2) is 5.75 Å². The first kappa shape index (κ1) is 15.8. The molecular formula is C14H15O5PS. The van der Waals surface area contributed by atoms with Gasteiger partial charge in [0.2, 0.25) is 0 Å². The van der Waals surface area contributed by atoms with E-state index in [0.29, 0.717) is 11.3 Å². The zero-order valence-electron chi connectivity index (χ0n) is 11.5. The predicted octanol–water partition coefficient (Wildman–Crippen LogP) is 2.12. The zero-order chi connectivity index (χ0) is 15.6. The van der Waals surface area contributed by atoms with Crippen molar-refractivity contribution in [3.8, 4) is 22.6 Å². The largest absolute Gasteiger partial charge is 0.496 e. The number of rotatable bonds is 4. The van der Waals surface area contributed by atoms with Crippen LogP contribution >= 0.6 is 9.24 Å². The summed E-state index contributed by atoms with van der Waals surface area (Å²) in [5, 5.41) is 0.269. The van der Waals surface area contributed by atoms with E-state index in [1.54, 1.807) is 12.1 Å². The van der Waals surface area contributed by atoms with Crippen LogP contribution in [0.2, 0.25) is 0 Å². The SMILES string of the molecule is COc1cc(P)c(S(=O)(=O)O)c(OC)c1-c1ccccc1. The molecule has 0 aliphatic rings. The van der Waals surface area contributed by atoms with Crippen molar-refractivity contribution < 1.29 is 22.4 Å². The quantitative estimate of drug-likeness (QED) is 0.688. The molecule has 1 atom stereocenters. The van der Waals surface area contributed by atoms with E-state index in [4.69, 9.17) is 9.47 Å². The van der Waals surface area contributed by atoms with Crippen molar-refractivity contribution in [1.29, 1.82) is 0 Å². The maximum Gasteiger partial charge on any atom is 0.298 e. The average molecular weight is 326 g/mol. The Labute approximate surface area is 125 Å². The third-order valence-corrected chi connectivity index (χ3v) is 4.57. The van der Waals surface area contributed by atoms with E-state index in [-0.39, 0.29) is 15.9 Å². The maximum atomic E-state index is 11.6. The van der Waals surface area contributed by atoms with E-state index in [0.717, 1.165) is 5.56 Å². The first-order valence-corrected chi connectivity index (χ1v) is 7.99. The molecule has 0 aromatic heterocycles. The second-order valence-electron chi connectivity index (χ2n) is 4.25. The normalized spacial score (nSPS) is 11.2. The van der Waals surface area contributed by atoms with E-state index in [1.807, 2.05) is 18.2 Å².